The molecule has 0 saturated heterocycles. The lowest BCUT2D eigenvalue weighted by molar-refractivity contribution is 0.159. The summed E-state index contributed by atoms with van der Waals surface area (Å²) in [4.78, 5) is 0. The molecule has 2 N–H and O–H groups in total. The number of aliphatic hydroxyl groups excluding tert-OH is 1. The number of hydrogen-bond donors (Lipinski definition) is 2. The monoisotopic (exact) mass is 285 g/mol. The maximum Gasteiger partial charge on any atom is 0.0549 e. The van der Waals surface area contributed by atoms with Crippen molar-refractivity contribution in [3.63, 3.8) is 0 Å². The van der Waals surface area contributed by atoms with Gasteiger partial charge in [-0.3, -0.25) is 0 Å². The van der Waals surface area contributed by atoms with E-state index < -0.39 is 0 Å². The molecule has 1 rings (SSSR count). The van der Waals surface area contributed by atoms with Gasteiger partial charge in [-0.25, -0.2) is 0 Å². The van der Waals surface area contributed by atoms with Crippen molar-refractivity contribution >= 4 is 15.9 Å². The maximum atomic E-state index is 9.44. The van der Waals surface area contributed by atoms with E-state index in [-0.39, 0.29) is 6.10 Å². The van der Waals surface area contributed by atoms with Crippen molar-refractivity contribution in [2.24, 2.45) is 0 Å². The van der Waals surface area contributed by atoms with Crippen LogP contribution >= 0.6 is 15.9 Å². The van der Waals surface area contributed by atoms with E-state index in [0.29, 0.717) is 6.04 Å². The van der Waals surface area contributed by atoms with Crippen LogP contribution in [-0.4, -0.2) is 17.8 Å². The van der Waals surface area contributed by atoms with Gasteiger partial charge >= 0.3 is 0 Å². The van der Waals surface area contributed by atoms with Crippen LogP contribution in [0.3, 0.4) is 0 Å². The predicted molar refractivity (Wildman–Crippen MR) is 71.5 cm³/mol. The lowest BCUT2D eigenvalue weighted by atomic mass is 10.1. The average Bonchev–Trinajstić information content (AvgIpc) is 2.28. The van der Waals surface area contributed by atoms with Crippen LogP contribution in [0.25, 0.3) is 0 Å². The quantitative estimate of drug-likeness (QED) is 0.841. The molecule has 0 aliphatic carbocycles. The Labute approximate surface area is 106 Å². The molecule has 0 radical (unpaired) electrons. The summed E-state index contributed by atoms with van der Waals surface area (Å²) in [5.74, 6) is 0. The molecule has 1 aromatic rings. The van der Waals surface area contributed by atoms with Gasteiger partial charge in [-0.2, -0.15) is 0 Å². The van der Waals surface area contributed by atoms with Crippen LogP contribution < -0.4 is 5.32 Å². The van der Waals surface area contributed by atoms with Crippen molar-refractivity contribution in [3.05, 3.63) is 34.3 Å². The number of halogens is 1. The molecule has 0 bridgehead atoms. The molecule has 0 fully saturated rings. The highest BCUT2D eigenvalue weighted by molar-refractivity contribution is 9.10. The number of benzene rings is 1. The Kier molecular flexibility index (Phi) is 6.03. The average molecular weight is 286 g/mol. The highest BCUT2D eigenvalue weighted by Gasteiger charge is 2.06. The first-order valence-electron chi connectivity index (χ1n) is 5.80. The fraction of sp³-hybridized carbons (Fsp3) is 0.538. The van der Waals surface area contributed by atoms with E-state index in [1.54, 1.807) is 0 Å². The van der Waals surface area contributed by atoms with Gasteiger partial charge in [0.2, 0.25) is 0 Å². The normalized spacial score (nSPS) is 14.8. The largest absolute Gasteiger partial charge is 0.393 e. The van der Waals surface area contributed by atoms with Crippen molar-refractivity contribution in [1.82, 2.24) is 5.32 Å². The van der Waals surface area contributed by atoms with Crippen molar-refractivity contribution in [2.45, 2.75) is 38.8 Å². The first-order valence-corrected chi connectivity index (χ1v) is 6.59. The van der Waals surface area contributed by atoms with Gasteiger partial charge in [-0.1, -0.05) is 35.0 Å². The third-order valence-corrected chi connectivity index (χ3v) is 3.24. The van der Waals surface area contributed by atoms with Gasteiger partial charge in [0.15, 0.2) is 0 Å². The smallest absolute Gasteiger partial charge is 0.0549 e. The molecule has 0 aromatic heterocycles. The Hall–Kier alpha value is -0.380. The standard InChI is InChI=1S/C13H20BrNO/c1-3-13(16)7-8-15-10(2)11-5-4-6-12(14)9-11/h4-6,9-10,13,15-16H,3,7-8H2,1-2H3. The maximum absolute atomic E-state index is 9.44. The SMILES string of the molecule is CCC(O)CCNC(C)c1cccc(Br)c1. The van der Waals surface area contributed by atoms with Crippen LogP contribution in [-0.2, 0) is 0 Å². The number of nitrogens with one attached hydrogen (secondary N) is 1. The van der Waals surface area contributed by atoms with Gasteiger partial charge in [-0.05, 0) is 44.0 Å². The fourth-order valence-corrected chi connectivity index (χ4v) is 1.98. The first-order chi connectivity index (χ1) is 7.63. The van der Waals surface area contributed by atoms with Gasteiger partial charge in [-0.15, -0.1) is 0 Å². The van der Waals surface area contributed by atoms with Crippen LogP contribution in [0.5, 0.6) is 0 Å². The summed E-state index contributed by atoms with van der Waals surface area (Å²) in [5, 5.41) is 12.8. The molecule has 2 atom stereocenters. The van der Waals surface area contributed by atoms with E-state index in [0.717, 1.165) is 23.9 Å². The highest BCUT2D eigenvalue weighted by atomic mass is 79.9. The van der Waals surface area contributed by atoms with Crippen LogP contribution in [0.1, 0.15) is 38.3 Å². The van der Waals surface area contributed by atoms with Crippen molar-refractivity contribution in [1.29, 1.82) is 0 Å². The van der Waals surface area contributed by atoms with E-state index in [4.69, 9.17) is 0 Å². The fourth-order valence-electron chi connectivity index (χ4n) is 1.56. The lowest BCUT2D eigenvalue weighted by Crippen LogP contribution is -2.23. The minimum absolute atomic E-state index is 0.179. The third kappa shape index (κ3) is 4.64. The summed E-state index contributed by atoms with van der Waals surface area (Å²) < 4.78 is 1.10. The van der Waals surface area contributed by atoms with Crippen molar-refractivity contribution < 1.29 is 5.11 Å². The van der Waals surface area contributed by atoms with E-state index >= 15 is 0 Å². The van der Waals surface area contributed by atoms with E-state index in [2.05, 4.69) is 40.3 Å². The topological polar surface area (TPSA) is 32.3 Å². The molecule has 3 heteroatoms. The molecule has 90 valence electrons. The molecule has 0 spiro atoms. The van der Waals surface area contributed by atoms with Gasteiger partial charge in [0.05, 0.1) is 6.10 Å². The van der Waals surface area contributed by atoms with Crippen LogP contribution in [0.15, 0.2) is 28.7 Å². The highest BCUT2D eigenvalue weighted by Crippen LogP contribution is 2.17. The van der Waals surface area contributed by atoms with E-state index in [1.165, 1.54) is 5.56 Å². The number of rotatable bonds is 6. The summed E-state index contributed by atoms with van der Waals surface area (Å²) in [6, 6.07) is 8.61. The predicted octanol–water partition coefficient (Wildman–Crippen LogP) is 3.26. The lowest BCUT2D eigenvalue weighted by Gasteiger charge is -2.15. The molecule has 2 unspecified atom stereocenters. The van der Waals surface area contributed by atoms with Crippen molar-refractivity contribution in [2.75, 3.05) is 6.54 Å². The van der Waals surface area contributed by atoms with Crippen molar-refractivity contribution in [3.8, 4) is 0 Å². The molecular formula is C13H20BrNO. The Bertz CT molecular complexity index is 317. The molecule has 0 aliphatic rings. The van der Waals surface area contributed by atoms with Crippen LogP contribution in [0.4, 0.5) is 0 Å². The summed E-state index contributed by atoms with van der Waals surface area (Å²) in [5.41, 5.74) is 1.26. The first kappa shape index (κ1) is 13.7. The van der Waals surface area contributed by atoms with E-state index in [1.807, 2.05) is 19.1 Å². The minimum atomic E-state index is -0.179. The van der Waals surface area contributed by atoms with Gasteiger partial charge in [0.25, 0.3) is 0 Å². The zero-order chi connectivity index (χ0) is 12.0. The number of aliphatic hydroxyl groups is 1. The second-order valence-electron chi connectivity index (χ2n) is 4.08. The Balaban J connectivity index is 2.38. The van der Waals surface area contributed by atoms with Gasteiger partial charge < -0.3 is 10.4 Å². The Morgan fingerprint density at radius 1 is 1.44 bits per heavy atom. The summed E-state index contributed by atoms with van der Waals surface area (Å²) in [7, 11) is 0. The summed E-state index contributed by atoms with van der Waals surface area (Å²) in [6.07, 6.45) is 1.46. The molecule has 1 aromatic carbocycles. The second kappa shape index (κ2) is 7.05. The minimum Gasteiger partial charge on any atom is -0.393 e. The van der Waals surface area contributed by atoms with Crippen LogP contribution in [0, 0.1) is 0 Å². The zero-order valence-electron chi connectivity index (χ0n) is 9.91. The third-order valence-electron chi connectivity index (χ3n) is 2.75. The number of hydrogen-bond acceptors (Lipinski definition) is 2. The molecule has 0 heterocycles. The van der Waals surface area contributed by atoms with Crippen LogP contribution in [0.2, 0.25) is 0 Å². The Morgan fingerprint density at radius 3 is 2.81 bits per heavy atom. The molecule has 2 nitrogen and oxygen atoms in total. The Morgan fingerprint density at radius 2 is 2.19 bits per heavy atom. The molecule has 16 heavy (non-hydrogen) atoms. The molecule has 0 aliphatic heterocycles. The second-order valence-corrected chi connectivity index (χ2v) is 5.00. The van der Waals surface area contributed by atoms with Gasteiger partial charge in [0.1, 0.15) is 0 Å². The molecular weight excluding hydrogens is 266 g/mol. The molecule has 0 amide bonds. The van der Waals surface area contributed by atoms with E-state index in [9.17, 15) is 5.11 Å². The zero-order valence-corrected chi connectivity index (χ0v) is 11.5. The summed E-state index contributed by atoms with van der Waals surface area (Å²) in [6.45, 7) is 4.99. The molecule has 0 saturated carbocycles. The summed E-state index contributed by atoms with van der Waals surface area (Å²) >= 11 is 3.47. The van der Waals surface area contributed by atoms with Gasteiger partial charge in [0, 0.05) is 10.5 Å².